The van der Waals surface area contributed by atoms with E-state index in [0.717, 1.165) is 38.0 Å². The molecule has 5 heteroatoms. The summed E-state index contributed by atoms with van der Waals surface area (Å²) < 4.78 is 11.0. The first kappa shape index (κ1) is 15.8. The van der Waals surface area contributed by atoms with Crippen molar-refractivity contribution in [3.8, 4) is 0 Å². The lowest BCUT2D eigenvalue weighted by molar-refractivity contribution is -0.127. The molecule has 3 fully saturated rings. The summed E-state index contributed by atoms with van der Waals surface area (Å²) in [4.78, 5) is 12.5. The fourth-order valence-corrected chi connectivity index (χ4v) is 6.16. The second-order valence-corrected chi connectivity index (χ2v) is 7.90. The molecule has 21 heavy (non-hydrogen) atoms. The summed E-state index contributed by atoms with van der Waals surface area (Å²) >= 11 is 2.01. The van der Waals surface area contributed by atoms with E-state index in [1.807, 2.05) is 18.7 Å². The van der Waals surface area contributed by atoms with Crippen molar-refractivity contribution in [1.82, 2.24) is 5.32 Å². The molecule has 3 aliphatic rings. The number of hydrogen-bond donors (Lipinski definition) is 1. The number of ether oxygens (including phenoxy) is 2. The Bertz CT molecular complexity index is 392. The summed E-state index contributed by atoms with van der Waals surface area (Å²) in [6.45, 7) is 3.50. The molecular formula is C16H27NO3S. The molecule has 4 nitrogen and oxygen atoms in total. The zero-order valence-corrected chi connectivity index (χ0v) is 13.9. The van der Waals surface area contributed by atoms with E-state index in [4.69, 9.17) is 9.47 Å². The number of Topliss-reactive ketones (excluding diaryl/α,β-unsaturated/α-hetero) is 1. The van der Waals surface area contributed by atoms with Crippen LogP contribution >= 0.6 is 11.8 Å². The minimum Gasteiger partial charge on any atom is -0.379 e. The number of methoxy groups -OCH3 is 1. The van der Waals surface area contributed by atoms with Crippen LogP contribution in [0.3, 0.4) is 0 Å². The summed E-state index contributed by atoms with van der Waals surface area (Å²) in [7, 11) is 1.76. The molecule has 5 atom stereocenters. The molecule has 0 radical (unpaired) electrons. The van der Waals surface area contributed by atoms with Crippen molar-refractivity contribution in [2.24, 2.45) is 5.41 Å². The number of thioether (sulfide) groups is 1. The van der Waals surface area contributed by atoms with Gasteiger partial charge in [0.15, 0.2) is 0 Å². The average Bonchev–Trinajstić information content (AvgIpc) is 3.04. The molecule has 3 rings (SSSR count). The standard InChI is InChI=1S/C16H27NO3S/c1-3-14(18)16-5-7-21-15(16)8-11(9-16)17-12-4-6-20-10-13(12)19-2/h11-13,15,17H,3-10H2,1-2H3. The number of carbonyl (C=O) groups excluding carboxylic acids is 1. The van der Waals surface area contributed by atoms with Crippen molar-refractivity contribution in [2.45, 2.75) is 62.5 Å². The second kappa shape index (κ2) is 6.57. The molecule has 2 aliphatic heterocycles. The molecule has 0 spiro atoms. The Morgan fingerprint density at radius 1 is 1.52 bits per heavy atom. The lowest BCUT2D eigenvalue weighted by Crippen LogP contribution is -2.50. The predicted molar refractivity (Wildman–Crippen MR) is 84.8 cm³/mol. The van der Waals surface area contributed by atoms with Crippen molar-refractivity contribution < 1.29 is 14.3 Å². The number of rotatable bonds is 5. The van der Waals surface area contributed by atoms with Crippen LogP contribution in [0.5, 0.6) is 0 Å². The van der Waals surface area contributed by atoms with Crippen LogP contribution in [0, 0.1) is 5.41 Å². The Kier molecular flexibility index (Phi) is 4.94. The van der Waals surface area contributed by atoms with Gasteiger partial charge in [0.2, 0.25) is 0 Å². The Balaban J connectivity index is 1.65. The highest BCUT2D eigenvalue weighted by Gasteiger charge is 2.54. The molecule has 2 saturated heterocycles. The molecule has 0 aromatic rings. The maximum Gasteiger partial charge on any atom is 0.139 e. The Labute approximate surface area is 131 Å². The molecule has 120 valence electrons. The van der Waals surface area contributed by atoms with Crippen LogP contribution in [-0.2, 0) is 14.3 Å². The topological polar surface area (TPSA) is 47.6 Å². The fourth-order valence-electron chi connectivity index (χ4n) is 4.36. The second-order valence-electron chi connectivity index (χ2n) is 6.59. The van der Waals surface area contributed by atoms with Gasteiger partial charge in [-0.25, -0.2) is 0 Å². The van der Waals surface area contributed by atoms with Gasteiger partial charge in [0.05, 0.1) is 12.7 Å². The molecule has 0 aromatic heterocycles. The quantitative estimate of drug-likeness (QED) is 0.841. The van der Waals surface area contributed by atoms with E-state index in [2.05, 4.69) is 5.32 Å². The summed E-state index contributed by atoms with van der Waals surface area (Å²) in [6.07, 6.45) is 5.05. The van der Waals surface area contributed by atoms with E-state index in [9.17, 15) is 4.79 Å². The van der Waals surface area contributed by atoms with Gasteiger partial charge in [0.1, 0.15) is 5.78 Å². The first-order valence-electron chi connectivity index (χ1n) is 8.21. The van der Waals surface area contributed by atoms with Crippen molar-refractivity contribution in [3.05, 3.63) is 0 Å². The van der Waals surface area contributed by atoms with Gasteiger partial charge in [-0.1, -0.05) is 6.92 Å². The smallest absolute Gasteiger partial charge is 0.139 e. The molecule has 1 aliphatic carbocycles. The van der Waals surface area contributed by atoms with E-state index in [-0.39, 0.29) is 11.5 Å². The number of carbonyl (C=O) groups is 1. The lowest BCUT2D eigenvalue weighted by atomic mass is 9.78. The van der Waals surface area contributed by atoms with E-state index in [0.29, 0.717) is 36.1 Å². The van der Waals surface area contributed by atoms with Crippen LogP contribution in [-0.4, -0.2) is 55.3 Å². The van der Waals surface area contributed by atoms with Crippen molar-refractivity contribution in [1.29, 1.82) is 0 Å². The number of hydrogen-bond acceptors (Lipinski definition) is 5. The van der Waals surface area contributed by atoms with Crippen molar-refractivity contribution in [2.75, 3.05) is 26.1 Å². The molecule has 0 aromatic carbocycles. The molecular weight excluding hydrogens is 286 g/mol. The monoisotopic (exact) mass is 313 g/mol. The van der Waals surface area contributed by atoms with E-state index in [1.165, 1.54) is 0 Å². The molecule has 1 saturated carbocycles. The van der Waals surface area contributed by atoms with E-state index >= 15 is 0 Å². The zero-order chi connectivity index (χ0) is 14.9. The summed E-state index contributed by atoms with van der Waals surface area (Å²) in [6, 6.07) is 0.824. The minimum atomic E-state index is -0.0369. The summed E-state index contributed by atoms with van der Waals surface area (Å²) in [5.74, 6) is 1.64. The average molecular weight is 313 g/mol. The maximum absolute atomic E-state index is 12.5. The summed E-state index contributed by atoms with van der Waals surface area (Å²) in [5, 5.41) is 4.31. The highest BCUT2D eigenvalue weighted by molar-refractivity contribution is 8.00. The van der Waals surface area contributed by atoms with E-state index < -0.39 is 0 Å². The zero-order valence-electron chi connectivity index (χ0n) is 13.1. The van der Waals surface area contributed by atoms with Crippen molar-refractivity contribution in [3.63, 3.8) is 0 Å². The predicted octanol–water partition coefficient (Wildman–Crippen LogP) is 2.01. The van der Waals surface area contributed by atoms with Crippen LogP contribution in [0.4, 0.5) is 0 Å². The van der Waals surface area contributed by atoms with Crippen LogP contribution in [0.25, 0.3) is 0 Å². The lowest BCUT2D eigenvalue weighted by Gasteiger charge is -2.34. The van der Waals surface area contributed by atoms with Crippen LogP contribution in [0.15, 0.2) is 0 Å². The Morgan fingerprint density at radius 3 is 3.14 bits per heavy atom. The van der Waals surface area contributed by atoms with Gasteiger partial charge >= 0.3 is 0 Å². The minimum absolute atomic E-state index is 0.0369. The van der Waals surface area contributed by atoms with Crippen LogP contribution in [0.2, 0.25) is 0 Å². The van der Waals surface area contributed by atoms with Gasteiger partial charge in [-0.2, -0.15) is 11.8 Å². The maximum atomic E-state index is 12.5. The Hall–Kier alpha value is -0.100. The first-order chi connectivity index (χ1) is 10.2. The fraction of sp³-hybridized carbons (Fsp3) is 0.938. The van der Waals surface area contributed by atoms with Gasteiger partial charge in [0.25, 0.3) is 0 Å². The van der Waals surface area contributed by atoms with Crippen molar-refractivity contribution >= 4 is 17.5 Å². The summed E-state index contributed by atoms with van der Waals surface area (Å²) in [5.41, 5.74) is -0.0369. The number of ketones is 1. The number of nitrogens with one attached hydrogen (secondary N) is 1. The largest absolute Gasteiger partial charge is 0.379 e. The van der Waals surface area contributed by atoms with Gasteiger partial charge in [0, 0.05) is 42.9 Å². The number of fused-ring (bicyclic) bond motifs is 1. The third-order valence-corrected chi connectivity index (χ3v) is 7.01. The van der Waals surface area contributed by atoms with Gasteiger partial charge in [-0.15, -0.1) is 0 Å². The third kappa shape index (κ3) is 2.90. The van der Waals surface area contributed by atoms with Gasteiger partial charge < -0.3 is 14.8 Å². The molecule has 1 N–H and O–H groups in total. The third-order valence-electron chi connectivity index (χ3n) is 5.53. The van der Waals surface area contributed by atoms with Gasteiger partial charge in [-0.05, 0) is 31.4 Å². The molecule has 0 bridgehead atoms. The highest BCUT2D eigenvalue weighted by atomic mass is 32.2. The molecule has 2 heterocycles. The normalized spacial score (nSPS) is 43.0. The SMILES string of the molecule is CCC(=O)C12CCSC1CC(NC1CCOCC1OC)C2. The van der Waals surface area contributed by atoms with Crippen LogP contribution < -0.4 is 5.32 Å². The van der Waals surface area contributed by atoms with E-state index in [1.54, 1.807) is 7.11 Å². The molecule has 0 amide bonds. The molecule has 5 unspecified atom stereocenters. The Morgan fingerprint density at radius 2 is 2.38 bits per heavy atom. The van der Waals surface area contributed by atoms with Crippen LogP contribution in [0.1, 0.15) is 39.0 Å². The van der Waals surface area contributed by atoms with Gasteiger partial charge in [-0.3, -0.25) is 4.79 Å². The first-order valence-corrected chi connectivity index (χ1v) is 9.26. The highest BCUT2D eigenvalue weighted by Crippen LogP contribution is 2.54.